The third-order valence-electron chi connectivity index (χ3n) is 2.85. The standard InChI is InChI=1S/C14H17N3O/c1-3-6-14(18)15-10-9-13-16-11-7-4-5-8-12(11)17(13)2/h3-8H,9-10H2,1-2H3,(H,15,18)/b6-3+. The minimum atomic E-state index is -0.0590. The average Bonchev–Trinajstić information content (AvgIpc) is 2.68. The lowest BCUT2D eigenvalue weighted by molar-refractivity contribution is -0.116. The predicted octanol–water partition coefficient (Wildman–Crippen LogP) is 1.81. The molecule has 0 aliphatic carbocycles. The van der Waals surface area contributed by atoms with Crippen molar-refractivity contribution in [3.8, 4) is 0 Å². The number of nitrogens with zero attached hydrogens (tertiary/aromatic N) is 2. The first kappa shape index (κ1) is 12.4. The molecule has 0 bridgehead atoms. The molecule has 0 fully saturated rings. The number of fused-ring (bicyclic) bond motifs is 1. The Balaban J connectivity index is 2.04. The summed E-state index contributed by atoms with van der Waals surface area (Å²) in [5.74, 6) is 0.924. The summed E-state index contributed by atoms with van der Waals surface area (Å²) in [4.78, 5) is 15.8. The van der Waals surface area contributed by atoms with Crippen LogP contribution in [-0.2, 0) is 18.3 Å². The Morgan fingerprint density at radius 3 is 2.94 bits per heavy atom. The fourth-order valence-electron chi connectivity index (χ4n) is 1.93. The normalized spacial score (nSPS) is 11.2. The van der Waals surface area contributed by atoms with E-state index in [1.165, 1.54) is 6.08 Å². The van der Waals surface area contributed by atoms with Crippen LogP contribution in [0.4, 0.5) is 0 Å². The Bertz CT molecular complexity index is 584. The summed E-state index contributed by atoms with van der Waals surface area (Å²) >= 11 is 0. The number of aromatic nitrogens is 2. The van der Waals surface area contributed by atoms with Crippen molar-refractivity contribution in [3.63, 3.8) is 0 Å². The van der Waals surface area contributed by atoms with Crippen LogP contribution < -0.4 is 5.32 Å². The molecule has 0 unspecified atom stereocenters. The van der Waals surface area contributed by atoms with Gasteiger partial charge in [0.15, 0.2) is 0 Å². The summed E-state index contributed by atoms with van der Waals surface area (Å²) in [6, 6.07) is 8.02. The Hall–Kier alpha value is -2.10. The highest BCUT2D eigenvalue weighted by Crippen LogP contribution is 2.14. The van der Waals surface area contributed by atoms with Crippen LogP contribution in [0.25, 0.3) is 11.0 Å². The van der Waals surface area contributed by atoms with Gasteiger partial charge in [-0.25, -0.2) is 4.98 Å². The number of benzene rings is 1. The molecule has 2 rings (SSSR count). The van der Waals surface area contributed by atoms with E-state index in [1.807, 2.05) is 38.2 Å². The largest absolute Gasteiger partial charge is 0.352 e. The lowest BCUT2D eigenvalue weighted by Crippen LogP contribution is -2.24. The van der Waals surface area contributed by atoms with E-state index in [1.54, 1.807) is 6.08 Å². The molecule has 0 aliphatic heterocycles. The lowest BCUT2D eigenvalue weighted by atomic mass is 10.3. The maximum atomic E-state index is 11.3. The van der Waals surface area contributed by atoms with Crippen LogP contribution in [0, 0.1) is 0 Å². The van der Waals surface area contributed by atoms with Crippen LogP contribution >= 0.6 is 0 Å². The van der Waals surface area contributed by atoms with Gasteiger partial charge in [0, 0.05) is 20.0 Å². The second-order valence-electron chi connectivity index (χ2n) is 4.12. The second kappa shape index (κ2) is 5.49. The molecule has 4 heteroatoms. The first-order valence-electron chi connectivity index (χ1n) is 6.03. The van der Waals surface area contributed by atoms with Gasteiger partial charge in [-0.2, -0.15) is 0 Å². The number of para-hydroxylation sites is 2. The van der Waals surface area contributed by atoms with Gasteiger partial charge in [-0.05, 0) is 25.1 Å². The third-order valence-corrected chi connectivity index (χ3v) is 2.85. The molecule has 1 aromatic carbocycles. The van der Waals surface area contributed by atoms with Gasteiger partial charge >= 0.3 is 0 Å². The van der Waals surface area contributed by atoms with Crippen LogP contribution in [0.2, 0.25) is 0 Å². The number of hydrogen-bond acceptors (Lipinski definition) is 2. The summed E-state index contributed by atoms with van der Waals surface area (Å²) in [7, 11) is 2.00. The number of nitrogens with one attached hydrogen (secondary N) is 1. The van der Waals surface area contributed by atoms with Crippen molar-refractivity contribution in [1.29, 1.82) is 0 Å². The van der Waals surface area contributed by atoms with E-state index in [4.69, 9.17) is 0 Å². The molecular weight excluding hydrogens is 226 g/mol. The zero-order valence-corrected chi connectivity index (χ0v) is 10.7. The molecule has 0 aliphatic rings. The summed E-state index contributed by atoms with van der Waals surface area (Å²) in [5.41, 5.74) is 2.11. The molecule has 1 heterocycles. The minimum absolute atomic E-state index is 0.0590. The van der Waals surface area contributed by atoms with Gasteiger partial charge in [0.25, 0.3) is 0 Å². The van der Waals surface area contributed by atoms with Gasteiger partial charge in [0.05, 0.1) is 11.0 Å². The van der Waals surface area contributed by atoms with E-state index in [0.717, 1.165) is 23.3 Å². The zero-order valence-electron chi connectivity index (χ0n) is 10.7. The summed E-state index contributed by atoms with van der Waals surface area (Å²) in [5, 5.41) is 2.82. The number of carbonyl (C=O) groups is 1. The topological polar surface area (TPSA) is 46.9 Å². The van der Waals surface area contributed by atoms with Crippen molar-refractivity contribution in [3.05, 3.63) is 42.2 Å². The number of carbonyl (C=O) groups excluding carboxylic acids is 1. The maximum absolute atomic E-state index is 11.3. The minimum Gasteiger partial charge on any atom is -0.352 e. The number of aryl methyl sites for hydroxylation is 1. The van der Waals surface area contributed by atoms with Crippen LogP contribution in [-0.4, -0.2) is 22.0 Å². The van der Waals surface area contributed by atoms with Gasteiger partial charge in [0.1, 0.15) is 5.82 Å². The Labute approximate surface area is 106 Å². The van der Waals surface area contributed by atoms with E-state index in [0.29, 0.717) is 6.54 Å². The van der Waals surface area contributed by atoms with Crippen molar-refractivity contribution in [2.24, 2.45) is 7.05 Å². The van der Waals surface area contributed by atoms with E-state index in [9.17, 15) is 4.79 Å². The van der Waals surface area contributed by atoms with Crippen molar-refractivity contribution >= 4 is 16.9 Å². The predicted molar refractivity (Wildman–Crippen MR) is 72.2 cm³/mol. The molecule has 18 heavy (non-hydrogen) atoms. The van der Waals surface area contributed by atoms with Gasteiger partial charge in [0.2, 0.25) is 5.91 Å². The quantitative estimate of drug-likeness (QED) is 0.832. The number of allylic oxidation sites excluding steroid dienone is 1. The number of imidazole rings is 1. The summed E-state index contributed by atoms with van der Waals surface area (Å²) in [6.07, 6.45) is 3.98. The van der Waals surface area contributed by atoms with Gasteiger partial charge in [-0.3, -0.25) is 4.79 Å². The molecule has 0 radical (unpaired) electrons. The fourth-order valence-corrected chi connectivity index (χ4v) is 1.93. The van der Waals surface area contributed by atoms with Crippen molar-refractivity contribution in [2.75, 3.05) is 6.54 Å². The van der Waals surface area contributed by atoms with Gasteiger partial charge < -0.3 is 9.88 Å². The molecule has 2 aromatic rings. The van der Waals surface area contributed by atoms with Crippen LogP contribution in [0.15, 0.2) is 36.4 Å². The third kappa shape index (κ3) is 2.59. The zero-order chi connectivity index (χ0) is 13.0. The van der Waals surface area contributed by atoms with Crippen LogP contribution in [0.3, 0.4) is 0 Å². The van der Waals surface area contributed by atoms with E-state index >= 15 is 0 Å². The van der Waals surface area contributed by atoms with E-state index in [2.05, 4.69) is 14.9 Å². The number of hydrogen-bond donors (Lipinski definition) is 1. The van der Waals surface area contributed by atoms with Crippen molar-refractivity contribution < 1.29 is 4.79 Å². The molecule has 0 spiro atoms. The smallest absolute Gasteiger partial charge is 0.243 e. The molecule has 1 amide bonds. The highest BCUT2D eigenvalue weighted by atomic mass is 16.1. The van der Waals surface area contributed by atoms with Crippen LogP contribution in [0.5, 0.6) is 0 Å². The van der Waals surface area contributed by atoms with E-state index in [-0.39, 0.29) is 5.91 Å². The SMILES string of the molecule is C/C=C/C(=O)NCCc1nc2ccccc2n1C. The first-order valence-corrected chi connectivity index (χ1v) is 6.03. The molecular formula is C14H17N3O. The Morgan fingerprint density at radius 2 is 2.22 bits per heavy atom. The lowest BCUT2D eigenvalue weighted by Gasteiger charge is -2.03. The number of amides is 1. The summed E-state index contributed by atoms with van der Waals surface area (Å²) in [6.45, 7) is 2.42. The Morgan fingerprint density at radius 1 is 1.44 bits per heavy atom. The highest BCUT2D eigenvalue weighted by Gasteiger charge is 2.06. The molecule has 1 N–H and O–H groups in total. The van der Waals surface area contributed by atoms with Crippen LogP contribution in [0.1, 0.15) is 12.7 Å². The van der Waals surface area contributed by atoms with Gasteiger partial charge in [-0.1, -0.05) is 18.2 Å². The fraction of sp³-hybridized carbons (Fsp3) is 0.286. The average molecular weight is 243 g/mol. The van der Waals surface area contributed by atoms with Crippen molar-refractivity contribution in [2.45, 2.75) is 13.3 Å². The second-order valence-corrected chi connectivity index (χ2v) is 4.12. The van der Waals surface area contributed by atoms with Gasteiger partial charge in [-0.15, -0.1) is 0 Å². The first-order chi connectivity index (χ1) is 8.72. The molecule has 0 atom stereocenters. The molecule has 4 nitrogen and oxygen atoms in total. The monoisotopic (exact) mass is 243 g/mol. The molecule has 1 aromatic heterocycles. The maximum Gasteiger partial charge on any atom is 0.243 e. The molecule has 0 saturated carbocycles. The van der Waals surface area contributed by atoms with E-state index < -0.39 is 0 Å². The molecule has 0 saturated heterocycles. The van der Waals surface area contributed by atoms with Crippen molar-refractivity contribution in [1.82, 2.24) is 14.9 Å². The number of rotatable bonds is 4. The Kier molecular flexibility index (Phi) is 3.77. The molecule has 94 valence electrons. The summed E-state index contributed by atoms with van der Waals surface area (Å²) < 4.78 is 2.07. The highest BCUT2D eigenvalue weighted by molar-refractivity contribution is 5.87.